The highest BCUT2D eigenvalue weighted by Gasteiger charge is 2.25. The van der Waals surface area contributed by atoms with Crippen LogP contribution in [0.5, 0.6) is 5.75 Å². The van der Waals surface area contributed by atoms with Crippen LogP contribution in [0, 0.1) is 5.82 Å². The summed E-state index contributed by atoms with van der Waals surface area (Å²) < 4.78 is 19.0. The highest BCUT2D eigenvalue weighted by Crippen LogP contribution is 2.34. The third kappa shape index (κ3) is 3.45. The molecule has 0 spiro atoms. The van der Waals surface area contributed by atoms with Gasteiger partial charge in [-0.3, -0.25) is 4.90 Å². The van der Waals surface area contributed by atoms with Crippen molar-refractivity contribution in [1.82, 2.24) is 10.2 Å². The van der Waals surface area contributed by atoms with Crippen molar-refractivity contribution in [2.24, 2.45) is 0 Å². The van der Waals surface area contributed by atoms with Crippen LogP contribution in [0.3, 0.4) is 0 Å². The number of methoxy groups -OCH3 is 1. The van der Waals surface area contributed by atoms with Crippen molar-refractivity contribution in [1.29, 1.82) is 0 Å². The van der Waals surface area contributed by atoms with Crippen molar-refractivity contribution in [3.05, 3.63) is 29.6 Å². The van der Waals surface area contributed by atoms with Crippen molar-refractivity contribution in [2.75, 3.05) is 33.8 Å². The first-order valence-corrected chi connectivity index (χ1v) is 6.98. The maximum absolute atomic E-state index is 13.6. The van der Waals surface area contributed by atoms with Crippen molar-refractivity contribution >= 4 is 0 Å². The highest BCUT2D eigenvalue weighted by atomic mass is 19.1. The molecule has 1 aromatic rings. The zero-order chi connectivity index (χ0) is 13.7. The zero-order valence-corrected chi connectivity index (χ0v) is 11.8. The van der Waals surface area contributed by atoms with Gasteiger partial charge in [-0.15, -0.1) is 0 Å². The molecular formula is C15H23FN2O. The lowest BCUT2D eigenvalue weighted by molar-refractivity contribution is 0.227. The predicted molar refractivity (Wildman–Crippen MR) is 75.0 cm³/mol. The minimum atomic E-state index is -0.190. The van der Waals surface area contributed by atoms with E-state index < -0.39 is 0 Å². The second-order valence-electron chi connectivity index (χ2n) is 5.04. The van der Waals surface area contributed by atoms with E-state index in [9.17, 15) is 4.39 Å². The maximum atomic E-state index is 13.6. The SMILES string of the molecule is CNCCC(c1cc(F)ccc1OC)N1CCCC1. The number of nitrogens with zero attached hydrogens (tertiary/aromatic N) is 1. The molecule has 0 radical (unpaired) electrons. The maximum Gasteiger partial charge on any atom is 0.123 e. The Balaban J connectivity index is 2.27. The minimum absolute atomic E-state index is 0.190. The van der Waals surface area contributed by atoms with E-state index in [0.29, 0.717) is 0 Å². The summed E-state index contributed by atoms with van der Waals surface area (Å²) in [5.41, 5.74) is 0.972. The molecule has 2 rings (SSSR count). The van der Waals surface area contributed by atoms with Gasteiger partial charge in [-0.1, -0.05) is 0 Å². The molecule has 1 N–H and O–H groups in total. The van der Waals surface area contributed by atoms with Gasteiger partial charge >= 0.3 is 0 Å². The molecule has 1 atom stereocenters. The van der Waals surface area contributed by atoms with Gasteiger partial charge in [0.05, 0.1) is 7.11 Å². The van der Waals surface area contributed by atoms with Gasteiger partial charge in [-0.2, -0.15) is 0 Å². The molecular weight excluding hydrogens is 243 g/mol. The molecule has 0 bridgehead atoms. The minimum Gasteiger partial charge on any atom is -0.496 e. The lowest BCUT2D eigenvalue weighted by Gasteiger charge is -2.29. The summed E-state index contributed by atoms with van der Waals surface area (Å²) in [7, 11) is 3.60. The number of hydrogen-bond acceptors (Lipinski definition) is 3. The van der Waals surface area contributed by atoms with Gasteiger partial charge < -0.3 is 10.1 Å². The van der Waals surface area contributed by atoms with Gasteiger partial charge in [-0.25, -0.2) is 4.39 Å². The van der Waals surface area contributed by atoms with E-state index in [1.165, 1.54) is 18.9 Å². The number of ether oxygens (including phenoxy) is 1. The molecule has 4 heteroatoms. The predicted octanol–water partition coefficient (Wildman–Crippen LogP) is 2.58. The fourth-order valence-corrected chi connectivity index (χ4v) is 2.83. The monoisotopic (exact) mass is 266 g/mol. The molecule has 106 valence electrons. The number of rotatable bonds is 6. The summed E-state index contributed by atoms with van der Waals surface area (Å²) in [6.07, 6.45) is 3.43. The van der Waals surface area contributed by atoms with E-state index in [-0.39, 0.29) is 11.9 Å². The van der Waals surface area contributed by atoms with Crippen molar-refractivity contribution in [2.45, 2.75) is 25.3 Å². The molecule has 1 aliphatic heterocycles. The van der Waals surface area contributed by atoms with E-state index in [1.54, 1.807) is 19.2 Å². The Bertz CT molecular complexity index is 405. The second kappa shape index (κ2) is 6.87. The fraction of sp³-hybridized carbons (Fsp3) is 0.600. The van der Waals surface area contributed by atoms with Gasteiger partial charge in [-0.05, 0) is 64.1 Å². The quantitative estimate of drug-likeness (QED) is 0.856. The average molecular weight is 266 g/mol. The molecule has 1 saturated heterocycles. The van der Waals surface area contributed by atoms with Crippen LogP contribution >= 0.6 is 0 Å². The first-order chi connectivity index (χ1) is 9.26. The van der Waals surface area contributed by atoms with Gasteiger partial charge in [0.2, 0.25) is 0 Å². The molecule has 19 heavy (non-hydrogen) atoms. The van der Waals surface area contributed by atoms with Crippen LogP contribution in [-0.4, -0.2) is 38.7 Å². The molecule has 0 saturated carbocycles. The van der Waals surface area contributed by atoms with Crippen LogP contribution in [0.15, 0.2) is 18.2 Å². The van der Waals surface area contributed by atoms with Crippen LogP contribution in [-0.2, 0) is 0 Å². The number of nitrogens with one attached hydrogen (secondary N) is 1. The second-order valence-corrected chi connectivity index (χ2v) is 5.04. The Morgan fingerprint density at radius 2 is 2.11 bits per heavy atom. The van der Waals surface area contributed by atoms with Crippen molar-refractivity contribution < 1.29 is 9.13 Å². The summed E-state index contributed by atoms with van der Waals surface area (Å²) in [5, 5.41) is 3.18. The van der Waals surface area contributed by atoms with Crippen LogP contribution < -0.4 is 10.1 Å². The summed E-state index contributed by atoms with van der Waals surface area (Å²) >= 11 is 0. The lowest BCUT2D eigenvalue weighted by Crippen LogP contribution is -2.28. The van der Waals surface area contributed by atoms with Gasteiger partial charge in [0.1, 0.15) is 11.6 Å². The molecule has 0 aliphatic carbocycles. The standard InChI is InChI=1S/C15H23FN2O/c1-17-8-7-14(18-9-3-4-10-18)13-11-12(16)5-6-15(13)19-2/h5-6,11,14,17H,3-4,7-10H2,1-2H3. The molecule has 1 fully saturated rings. The molecule has 1 aliphatic rings. The van der Waals surface area contributed by atoms with Crippen LogP contribution in [0.2, 0.25) is 0 Å². The Hall–Kier alpha value is -1.13. The van der Waals surface area contributed by atoms with Crippen molar-refractivity contribution in [3.63, 3.8) is 0 Å². The van der Waals surface area contributed by atoms with E-state index in [0.717, 1.165) is 37.4 Å². The van der Waals surface area contributed by atoms with E-state index in [2.05, 4.69) is 10.2 Å². The van der Waals surface area contributed by atoms with Gasteiger partial charge in [0.25, 0.3) is 0 Å². The number of likely N-dealkylation sites (tertiary alicyclic amines) is 1. The Kier molecular flexibility index (Phi) is 5.16. The summed E-state index contributed by atoms with van der Waals surface area (Å²) in [4.78, 5) is 2.44. The Labute approximate surface area is 114 Å². The normalized spacial score (nSPS) is 17.6. The number of halogens is 1. The third-order valence-electron chi connectivity index (χ3n) is 3.80. The third-order valence-corrected chi connectivity index (χ3v) is 3.80. The summed E-state index contributed by atoms with van der Waals surface area (Å²) in [6.45, 7) is 3.10. The van der Waals surface area contributed by atoms with Crippen LogP contribution in [0.1, 0.15) is 30.9 Å². The molecule has 1 aromatic carbocycles. The highest BCUT2D eigenvalue weighted by molar-refractivity contribution is 5.36. The number of hydrogen-bond donors (Lipinski definition) is 1. The first kappa shape index (κ1) is 14.3. The molecule has 0 aromatic heterocycles. The van der Waals surface area contributed by atoms with E-state index >= 15 is 0 Å². The summed E-state index contributed by atoms with van der Waals surface area (Å²) in [6, 6.07) is 5.05. The fourth-order valence-electron chi connectivity index (χ4n) is 2.83. The summed E-state index contributed by atoms with van der Waals surface area (Å²) in [5.74, 6) is 0.596. The van der Waals surface area contributed by atoms with Gasteiger partial charge in [0.15, 0.2) is 0 Å². The average Bonchev–Trinajstić information content (AvgIpc) is 2.93. The Morgan fingerprint density at radius 1 is 1.37 bits per heavy atom. The number of benzene rings is 1. The lowest BCUT2D eigenvalue weighted by atomic mass is 10.0. The Morgan fingerprint density at radius 3 is 2.74 bits per heavy atom. The molecule has 1 unspecified atom stereocenters. The van der Waals surface area contributed by atoms with Crippen molar-refractivity contribution in [3.8, 4) is 5.75 Å². The topological polar surface area (TPSA) is 24.5 Å². The van der Waals surface area contributed by atoms with Crippen LogP contribution in [0.4, 0.5) is 4.39 Å². The van der Waals surface area contributed by atoms with E-state index in [4.69, 9.17) is 4.74 Å². The molecule has 0 amide bonds. The van der Waals surface area contributed by atoms with Crippen LogP contribution in [0.25, 0.3) is 0 Å². The zero-order valence-electron chi connectivity index (χ0n) is 11.8. The smallest absolute Gasteiger partial charge is 0.123 e. The van der Waals surface area contributed by atoms with Gasteiger partial charge in [0, 0.05) is 11.6 Å². The first-order valence-electron chi connectivity index (χ1n) is 6.98. The molecule has 3 nitrogen and oxygen atoms in total. The molecule has 1 heterocycles. The van der Waals surface area contributed by atoms with E-state index in [1.807, 2.05) is 7.05 Å². The largest absolute Gasteiger partial charge is 0.496 e.